The van der Waals surface area contributed by atoms with Crippen LogP contribution in [0.25, 0.3) is 0 Å². The van der Waals surface area contributed by atoms with E-state index < -0.39 is 6.61 Å². The summed E-state index contributed by atoms with van der Waals surface area (Å²) in [5.74, 6) is 1.05. The van der Waals surface area contributed by atoms with Crippen LogP contribution in [0.1, 0.15) is 37.7 Å². The maximum Gasteiger partial charge on any atom is 0.387 e. The SMILES string of the molecule is CN=C(NCc1ccccc1OC(F)F)N1CCC2(CCCC2)C1.I. The van der Waals surface area contributed by atoms with Crippen molar-refractivity contribution in [3.63, 3.8) is 0 Å². The molecule has 0 aromatic heterocycles. The fourth-order valence-electron chi connectivity index (χ4n) is 4.02. The van der Waals surface area contributed by atoms with Gasteiger partial charge in [0.2, 0.25) is 0 Å². The van der Waals surface area contributed by atoms with Crippen LogP contribution in [0.4, 0.5) is 8.78 Å². The molecule has 1 saturated heterocycles. The van der Waals surface area contributed by atoms with Crippen molar-refractivity contribution < 1.29 is 13.5 Å². The summed E-state index contributed by atoms with van der Waals surface area (Å²) in [5, 5.41) is 3.30. The second-order valence-electron chi connectivity index (χ2n) is 6.77. The number of para-hydroxylation sites is 1. The van der Waals surface area contributed by atoms with E-state index in [1.54, 1.807) is 25.2 Å². The molecule has 0 bridgehead atoms. The third-order valence-corrected chi connectivity index (χ3v) is 5.24. The van der Waals surface area contributed by atoms with Crippen molar-refractivity contribution in [3.8, 4) is 5.75 Å². The van der Waals surface area contributed by atoms with E-state index in [9.17, 15) is 8.78 Å². The third kappa shape index (κ3) is 4.95. The zero-order valence-electron chi connectivity index (χ0n) is 14.5. The van der Waals surface area contributed by atoms with Gasteiger partial charge < -0.3 is 15.0 Å². The van der Waals surface area contributed by atoms with Crippen molar-refractivity contribution in [3.05, 3.63) is 29.8 Å². The number of ether oxygens (including phenoxy) is 1. The second kappa shape index (κ2) is 9.00. The maximum atomic E-state index is 12.5. The molecule has 0 unspecified atom stereocenters. The number of aliphatic imine (C=N–C) groups is 1. The maximum absolute atomic E-state index is 12.5. The zero-order valence-corrected chi connectivity index (χ0v) is 16.8. The van der Waals surface area contributed by atoms with Crippen LogP contribution in [-0.2, 0) is 6.54 Å². The quantitative estimate of drug-likeness (QED) is 0.411. The molecule has 4 nitrogen and oxygen atoms in total. The van der Waals surface area contributed by atoms with Crippen LogP contribution in [0.3, 0.4) is 0 Å². The van der Waals surface area contributed by atoms with Gasteiger partial charge in [0, 0.05) is 32.2 Å². The Hall–Kier alpha value is -1.12. The molecule has 1 saturated carbocycles. The lowest BCUT2D eigenvalue weighted by Crippen LogP contribution is -2.40. The zero-order chi connectivity index (χ0) is 17.0. The number of rotatable bonds is 4. The van der Waals surface area contributed by atoms with E-state index in [0.717, 1.165) is 19.0 Å². The van der Waals surface area contributed by atoms with Crippen LogP contribution in [0.2, 0.25) is 0 Å². The van der Waals surface area contributed by atoms with Gasteiger partial charge in [-0.25, -0.2) is 0 Å². The van der Waals surface area contributed by atoms with Crippen LogP contribution >= 0.6 is 24.0 Å². The summed E-state index contributed by atoms with van der Waals surface area (Å²) in [7, 11) is 1.77. The number of nitrogens with one attached hydrogen (secondary N) is 1. The Morgan fingerprint density at radius 1 is 1.28 bits per heavy atom. The molecule has 0 atom stereocenters. The Kier molecular flexibility index (Phi) is 7.27. The molecule has 1 N–H and O–H groups in total. The smallest absolute Gasteiger partial charge is 0.387 e. The number of hydrogen-bond donors (Lipinski definition) is 1. The highest BCUT2D eigenvalue weighted by Gasteiger charge is 2.41. The summed E-state index contributed by atoms with van der Waals surface area (Å²) in [6.07, 6.45) is 6.51. The van der Waals surface area contributed by atoms with Crippen molar-refractivity contribution in [2.45, 2.75) is 45.3 Å². The average Bonchev–Trinajstić information content (AvgIpc) is 3.20. The normalized spacial score (nSPS) is 19.4. The van der Waals surface area contributed by atoms with Gasteiger partial charge in [0.05, 0.1) is 0 Å². The lowest BCUT2D eigenvalue weighted by Gasteiger charge is -2.26. The van der Waals surface area contributed by atoms with Gasteiger partial charge in [-0.2, -0.15) is 8.78 Å². The standard InChI is InChI=1S/C18H25F2N3O.HI/c1-21-17(23-11-10-18(13-23)8-4-5-9-18)22-12-14-6-2-3-7-15(14)24-16(19)20;/h2-3,6-7,16H,4-5,8-13H2,1H3,(H,21,22);1H. The summed E-state index contributed by atoms with van der Waals surface area (Å²) in [6, 6.07) is 6.87. The molecule has 1 aromatic carbocycles. The minimum Gasteiger partial charge on any atom is -0.434 e. The fourth-order valence-corrected chi connectivity index (χ4v) is 4.02. The Bertz CT molecular complexity index is 591. The molecular weight excluding hydrogens is 439 g/mol. The Balaban J connectivity index is 0.00000225. The molecule has 7 heteroatoms. The summed E-state index contributed by atoms with van der Waals surface area (Å²) in [6.45, 7) is -0.346. The van der Waals surface area contributed by atoms with Crippen molar-refractivity contribution >= 4 is 29.9 Å². The van der Waals surface area contributed by atoms with E-state index in [2.05, 4.69) is 19.9 Å². The number of guanidine groups is 1. The highest BCUT2D eigenvalue weighted by molar-refractivity contribution is 14.0. The first-order valence-electron chi connectivity index (χ1n) is 8.60. The number of halogens is 3. The summed E-state index contributed by atoms with van der Waals surface area (Å²) in [4.78, 5) is 6.67. The van der Waals surface area contributed by atoms with Crippen LogP contribution in [0.15, 0.2) is 29.3 Å². The number of hydrogen-bond acceptors (Lipinski definition) is 2. The first-order chi connectivity index (χ1) is 11.6. The molecule has 0 radical (unpaired) electrons. The molecular formula is C18H26F2IN3O. The average molecular weight is 465 g/mol. The molecule has 2 fully saturated rings. The van der Waals surface area contributed by atoms with E-state index in [-0.39, 0.29) is 29.7 Å². The monoisotopic (exact) mass is 465 g/mol. The predicted molar refractivity (Wildman–Crippen MR) is 106 cm³/mol. The Labute approximate surface area is 165 Å². The van der Waals surface area contributed by atoms with Gasteiger partial charge in [0.25, 0.3) is 0 Å². The molecule has 3 rings (SSSR count). The van der Waals surface area contributed by atoms with Crippen molar-refractivity contribution in [1.29, 1.82) is 0 Å². The predicted octanol–water partition coefficient (Wildman–Crippen LogP) is 4.25. The van der Waals surface area contributed by atoms with Gasteiger partial charge in [-0.05, 0) is 30.7 Å². The number of likely N-dealkylation sites (tertiary alicyclic amines) is 1. The van der Waals surface area contributed by atoms with Crippen molar-refractivity contribution in [1.82, 2.24) is 10.2 Å². The summed E-state index contributed by atoms with van der Waals surface area (Å²) in [5.41, 5.74) is 1.17. The van der Waals surface area contributed by atoms with Gasteiger partial charge in [-0.3, -0.25) is 4.99 Å². The van der Waals surface area contributed by atoms with Gasteiger partial charge in [0.15, 0.2) is 5.96 Å². The first-order valence-corrected chi connectivity index (χ1v) is 8.60. The topological polar surface area (TPSA) is 36.9 Å². The fraction of sp³-hybridized carbons (Fsp3) is 0.611. The summed E-state index contributed by atoms with van der Waals surface area (Å²) >= 11 is 0. The number of nitrogens with zero attached hydrogens (tertiary/aromatic N) is 2. The van der Waals surface area contributed by atoms with E-state index in [0.29, 0.717) is 17.5 Å². The van der Waals surface area contributed by atoms with Crippen molar-refractivity contribution in [2.24, 2.45) is 10.4 Å². The Morgan fingerprint density at radius 2 is 2.00 bits per heavy atom. The van der Waals surface area contributed by atoms with E-state index in [1.165, 1.54) is 32.1 Å². The van der Waals surface area contributed by atoms with E-state index in [4.69, 9.17) is 0 Å². The molecule has 1 aliphatic carbocycles. The molecule has 0 amide bonds. The van der Waals surface area contributed by atoms with Gasteiger partial charge in [0.1, 0.15) is 5.75 Å². The first kappa shape index (κ1) is 20.2. The lowest BCUT2D eigenvalue weighted by molar-refractivity contribution is -0.0504. The van der Waals surface area contributed by atoms with Crippen LogP contribution in [-0.4, -0.2) is 37.6 Å². The molecule has 1 aromatic rings. The van der Waals surface area contributed by atoms with Crippen LogP contribution in [0.5, 0.6) is 5.75 Å². The third-order valence-electron chi connectivity index (χ3n) is 5.24. The molecule has 1 heterocycles. The molecule has 140 valence electrons. The minimum atomic E-state index is -2.81. The highest BCUT2D eigenvalue weighted by Crippen LogP contribution is 2.45. The summed E-state index contributed by atoms with van der Waals surface area (Å²) < 4.78 is 29.6. The van der Waals surface area contributed by atoms with Crippen LogP contribution < -0.4 is 10.1 Å². The minimum absolute atomic E-state index is 0. The number of alkyl halides is 2. The van der Waals surface area contributed by atoms with Crippen LogP contribution in [0, 0.1) is 5.41 Å². The van der Waals surface area contributed by atoms with Crippen molar-refractivity contribution in [2.75, 3.05) is 20.1 Å². The molecule has 25 heavy (non-hydrogen) atoms. The molecule has 1 aliphatic heterocycles. The largest absolute Gasteiger partial charge is 0.434 e. The second-order valence-corrected chi connectivity index (χ2v) is 6.77. The van der Waals surface area contributed by atoms with E-state index in [1.807, 2.05) is 6.07 Å². The molecule has 1 spiro atoms. The highest BCUT2D eigenvalue weighted by atomic mass is 127. The van der Waals surface area contributed by atoms with Gasteiger partial charge in [-0.1, -0.05) is 31.0 Å². The Morgan fingerprint density at radius 3 is 2.68 bits per heavy atom. The number of benzene rings is 1. The molecule has 2 aliphatic rings. The van der Waals surface area contributed by atoms with Gasteiger partial charge >= 0.3 is 6.61 Å². The lowest BCUT2D eigenvalue weighted by atomic mass is 9.86. The van der Waals surface area contributed by atoms with Gasteiger partial charge in [-0.15, -0.1) is 24.0 Å². The van der Waals surface area contributed by atoms with E-state index >= 15 is 0 Å².